The van der Waals surface area contributed by atoms with Crippen molar-refractivity contribution in [2.45, 2.75) is 32.2 Å². The molecule has 0 fully saturated rings. The number of primary amides is 1. The Balaban J connectivity index is 3.86. The Morgan fingerprint density at radius 2 is 2.07 bits per heavy atom. The molecule has 1 unspecified atom stereocenters. The molecule has 0 spiro atoms. The molecule has 0 saturated heterocycles. The number of methoxy groups -OCH3 is 1. The molecule has 0 saturated carbocycles. The lowest BCUT2D eigenvalue weighted by Gasteiger charge is -2.23. The number of nitrogens with zero attached hydrogens (tertiary/aromatic N) is 1. The molecule has 0 rings (SSSR count). The molecule has 0 aromatic rings. The van der Waals surface area contributed by atoms with Gasteiger partial charge in [-0.1, -0.05) is 6.92 Å². The zero-order valence-corrected chi connectivity index (χ0v) is 9.66. The Bertz CT molecular complexity index is 219. The summed E-state index contributed by atoms with van der Waals surface area (Å²) >= 11 is 0. The van der Waals surface area contributed by atoms with Crippen LogP contribution < -0.4 is 5.73 Å². The lowest BCUT2D eigenvalue weighted by atomic mass is 10.1. The highest BCUT2D eigenvalue weighted by Gasteiger charge is 2.17. The van der Waals surface area contributed by atoms with Crippen LogP contribution in [0.1, 0.15) is 26.2 Å². The zero-order chi connectivity index (χ0) is 11.8. The van der Waals surface area contributed by atoms with Crippen LogP contribution in [0.3, 0.4) is 0 Å². The van der Waals surface area contributed by atoms with E-state index in [9.17, 15) is 9.59 Å². The van der Waals surface area contributed by atoms with Crippen molar-refractivity contribution in [2.75, 3.05) is 20.7 Å². The van der Waals surface area contributed by atoms with E-state index in [0.29, 0.717) is 25.8 Å². The number of hydrogen-bond donors (Lipinski definition) is 1. The van der Waals surface area contributed by atoms with Gasteiger partial charge in [-0.05, 0) is 26.4 Å². The van der Waals surface area contributed by atoms with E-state index in [0.717, 1.165) is 0 Å². The number of likely N-dealkylation sites (N-methyl/N-ethyl adjacent to an activating group) is 1. The molecule has 0 aliphatic carbocycles. The second kappa shape index (κ2) is 7.23. The van der Waals surface area contributed by atoms with Crippen molar-refractivity contribution >= 4 is 11.9 Å². The van der Waals surface area contributed by atoms with Crippen molar-refractivity contribution in [3.8, 4) is 0 Å². The molecule has 15 heavy (non-hydrogen) atoms. The van der Waals surface area contributed by atoms with Gasteiger partial charge in [-0.3, -0.25) is 14.5 Å². The third-order valence-electron chi connectivity index (χ3n) is 2.37. The monoisotopic (exact) mass is 216 g/mol. The Labute approximate surface area is 90.6 Å². The number of hydrogen-bond acceptors (Lipinski definition) is 4. The van der Waals surface area contributed by atoms with Crippen molar-refractivity contribution in [3.63, 3.8) is 0 Å². The van der Waals surface area contributed by atoms with E-state index in [1.807, 2.05) is 18.9 Å². The summed E-state index contributed by atoms with van der Waals surface area (Å²) in [6.07, 6.45) is 1.73. The average Bonchev–Trinajstić information content (AvgIpc) is 2.17. The first kappa shape index (κ1) is 13.9. The quantitative estimate of drug-likeness (QED) is 0.614. The van der Waals surface area contributed by atoms with Gasteiger partial charge in [0.05, 0.1) is 13.2 Å². The van der Waals surface area contributed by atoms with Gasteiger partial charge in [0.1, 0.15) is 0 Å². The first-order valence-electron chi connectivity index (χ1n) is 5.09. The minimum atomic E-state index is -0.321. The van der Waals surface area contributed by atoms with Crippen LogP contribution in [0.2, 0.25) is 0 Å². The largest absolute Gasteiger partial charge is 0.469 e. The number of carbonyl (C=O) groups is 2. The summed E-state index contributed by atoms with van der Waals surface area (Å²) in [6, 6.07) is -0.248. The number of carbonyl (C=O) groups excluding carboxylic acids is 2. The van der Waals surface area contributed by atoms with Gasteiger partial charge in [0.15, 0.2) is 0 Å². The van der Waals surface area contributed by atoms with Gasteiger partial charge in [-0.25, -0.2) is 0 Å². The fraction of sp³-hybridized carbons (Fsp3) is 0.800. The molecule has 5 nitrogen and oxygen atoms in total. The van der Waals surface area contributed by atoms with E-state index in [4.69, 9.17) is 5.73 Å². The Morgan fingerprint density at radius 3 is 2.47 bits per heavy atom. The van der Waals surface area contributed by atoms with E-state index in [1.165, 1.54) is 7.11 Å². The smallest absolute Gasteiger partial charge is 0.305 e. The second-order valence-corrected chi connectivity index (χ2v) is 3.49. The standard InChI is InChI=1S/C10H20N2O3/c1-4-8(10(11)14)12(2)7-5-6-9(13)15-3/h8H,4-7H2,1-3H3,(H2,11,14). The average molecular weight is 216 g/mol. The minimum absolute atomic E-state index is 0.226. The summed E-state index contributed by atoms with van der Waals surface area (Å²) in [5, 5.41) is 0. The molecule has 0 aliphatic rings. The fourth-order valence-electron chi connectivity index (χ4n) is 1.46. The van der Waals surface area contributed by atoms with Crippen molar-refractivity contribution in [1.29, 1.82) is 0 Å². The number of esters is 1. The summed E-state index contributed by atoms with van der Waals surface area (Å²) in [5.41, 5.74) is 5.23. The molecule has 88 valence electrons. The maximum atomic E-state index is 11.0. The van der Waals surface area contributed by atoms with Crippen LogP contribution in [0.4, 0.5) is 0 Å². The molecule has 0 radical (unpaired) electrons. The van der Waals surface area contributed by atoms with E-state index >= 15 is 0 Å². The zero-order valence-electron chi connectivity index (χ0n) is 9.66. The van der Waals surface area contributed by atoms with Gasteiger partial charge >= 0.3 is 5.97 Å². The van der Waals surface area contributed by atoms with Gasteiger partial charge in [0, 0.05) is 6.42 Å². The van der Waals surface area contributed by atoms with E-state index in [2.05, 4.69) is 4.74 Å². The predicted molar refractivity (Wildman–Crippen MR) is 57.2 cm³/mol. The molecule has 0 aromatic heterocycles. The van der Waals surface area contributed by atoms with E-state index in [1.54, 1.807) is 0 Å². The highest BCUT2D eigenvalue weighted by atomic mass is 16.5. The van der Waals surface area contributed by atoms with E-state index in [-0.39, 0.29) is 17.9 Å². The van der Waals surface area contributed by atoms with Crippen molar-refractivity contribution in [3.05, 3.63) is 0 Å². The maximum absolute atomic E-state index is 11.0. The highest BCUT2D eigenvalue weighted by molar-refractivity contribution is 5.79. The number of rotatable bonds is 7. The molecule has 5 heteroatoms. The fourth-order valence-corrected chi connectivity index (χ4v) is 1.46. The summed E-state index contributed by atoms with van der Waals surface area (Å²) in [7, 11) is 3.19. The molecule has 1 amide bonds. The summed E-state index contributed by atoms with van der Waals surface area (Å²) in [5.74, 6) is -0.548. The molecular formula is C10H20N2O3. The first-order chi connectivity index (χ1) is 7.02. The van der Waals surface area contributed by atoms with Gasteiger partial charge in [-0.15, -0.1) is 0 Å². The second-order valence-electron chi connectivity index (χ2n) is 3.49. The SMILES string of the molecule is CCC(C(N)=O)N(C)CCCC(=O)OC. The van der Waals surface area contributed by atoms with Crippen LogP contribution in [0, 0.1) is 0 Å². The third kappa shape index (κ3) is 5.37. The number of nitrogens with two attached hydrogens (primary N) is 1. The molecule has 0 bridgehead atoms. The molecule has 2 N–H and O–H groups in total. The van der Waals surface area contributed by atoms with Gasteiger partial charge < -0.3 is 10.5 Å². The molecule has 1 atom stereocenters. The van der Waals surface area contributed by atoms with Gasteiger partial charge in [0.25, 0.3) is 0 Å². The maximum Gasteiger partial charge on any atom is 0.305 e. The van der Waals surface area contributed by atoms with Crippen molar-refractivity contribution in [1.82, 2.24) is 4.90 Å². The highest BCUT2D eigenvalue weighted by Crippen LogP contribution is 2.03. The van der Waals surface area contributed by atoms with Gasteiger partial charge in [-0.2, -0.15) is 0 Å². The van der Waals surface area contributed by atoms with E-state index < -0.39 is 0 Å². The molecular weight excluding hydrogens is 196 g/mol. The minimum Gasteiger partial charge on any atom is -0.469 e. The first-order valence-corrected chi connectivity index (χ1v) is 5.09. The van der Waals surface area contributed by atoms with Crippen LogP contribution in [0.15, 0.2) is 0 Å². The van der Waals surface area contributed by atoms with Crippen LogP contribution in [0.25, 0.3) is 0 Å². The molecule has 0 heterocycles. The molecule has 0 aromatic carbocycles. The van der Waals surface area contributed by atoms with Crippen LogP contribution >= 0.6 is 0 Å². The Morgan fingerprint density at radius 1 is 1.47 bits per heavy atom. The number of ether oxygens (including phenoxy) is 1. The summed E-state index contributed by atoms with van der Waals surface area (Å²) in [4.78, 5) is 23.7. The van der Waals surface area contributed by atoms with Gasteiger partial charge in [0.2, 0.25) is 5.91 Å². The summed E-state index contributed by atoms with van der Waals surface area (Å²) in [6.45, 7) is 2.57. The number of amides is 1. The predicted octanol–water partition coefficient (Wildman–Crippen LogP) is 0.135. The Kier molecular flexibility index (Phi) is 6.70. The van der Waals surface area contributed by atoms with Crippen molar-refractivity contribution in [2.24, 2.45) is 5.73 Å². The normalized spacial score (nSPS) is 12.5. The summed E-state index contributed by atoms with van der Waals surface area (Å²) < 4.78 is 4.52. The lowest BCUT2D eigenvalue weighted by molar-refractivity contribution is -0.140. The van der Waals surface area contributed by atoms with Crippen LogP contribution in [-0.4, -0.2) is 43.5 Å². The molecule has 0 aliphatic heterocycles. The van der Waals surface area contributed by atoms with Crippen LogP contribution in [-0.2, 0) is 14.3 Å². The van der Waals surface area contributed by atoms with Crippen LogP contribution in [0.5, 0.6) is 0 Å². The topological polar surface area (TPSA) is 72.6 Å². The third-order valence-corrected chi connectivity index (χ3v) is 2.37. The van der Waals surface area contributed by atoms with Crippen molar-refractivity contribution < 1.29 is 14.3 Å². The Hall–Kier alpha value is -1.10. The lowest BCUT2D eigenvalue weighted by Crippen LogP contribution is -2.42.